The first kappa shape index (κ1) is 15.0. The molecule has 0 bridgehead atoms. The molecule has 20 heavy (non-hydrogen) atoms. The predicted octanol–water partition coefficient (Wildman–Crippen LogP) is 3.34. The summed E-state index contributed by atoms with van der Waals surface area (Å²) in [4.78, 5) is 2.64. The van der Waals surface area contributed by atoms with Gasteiger partial charge in [-0.1, -0.05) is 6.07 Å². The predicted molar refractivity (Wildman–Crippen MR) is 88.0 cm³/mol. The highest BCUT2D eigenvalue weighted by Crippen LogP contribution is 2.40. The molecule has 5 heteroatoms. The van der Waals surface area contributed by atoms with Crippen molar-refractivity contribution < 1.29 is 4.74 Å². The number of ether oxygens (including phenoxy) is 1. The van der Waals surface area contributed by atoms with Crippen LogP contribution >= 0.6 is 31.9 Å². The Balaban J connectivity index is 1.91. The van der Waals surface area contributed by atoms with Crippen LogP contribution in [0.3, 0.4) is 0 Å². The van der Waals surface area contributed by atoms with Crippen molar-refractivity contribution >= 4 is 31.9 Å². The van der Waals surface area contributed by atoms with Crippen molar-refractivity contribution in [2.24, 2.45) is 0 Å². The summed E-state index contributed by atoms with van der Waals surface area (Å²) >= 11 is 7.17. The second kappa shape index (κ2) is 6.44. The number of benzene rings is 1. The van der Waals surface area contributed by atoms with Crippen molar-refractivity contribution in [1.29, 1.82) is 0 Å². The van der Waals surface area contributed by atoms with Crippen molar-refractivity contribution in [3.8, 4) is 0 Å². The van der Waals surface area contributed by atoms with Crippen LogP contribution in [0.2, 0.25) is 0 Å². The van der Waals surface area contributed by atoms with Crippen LogP contribution in [0, 0.1) is 0 Å². The first-order valence-electron chi connectivity index (χ1n) is 7.17. The molecule has 0 spiro atoms. The molecule has 1 aromatic carbocycles. The summed E-state index contributed by atoms with van der Waals surface area (Å²) in [5, 5.41) is 3.27. The van der Waals surface area contributed by atoms with E-state index in [2.05, 4.69) is 60.3 Å². The molecule has 1 saturated carbocycles. The van der Waals surface area contributed by atoms with Crippen LogP contribution < -0.4 is 5.32 Å². The van der Waals surface area contributed by atoms with Crippen LogP contribution in [0.5, 0.6) is 0 Å². The molecule has 1 heterocycles. The van der Waals surface area contributed by atoms with E-state index in [1.165, 1.54) is 18.4 Å². The molecule has 2 unspecified atom stereocenters. The number of hydrogen-bond donors (Lipinski definition) is 1. The lowest BCUT2D eigenvalue weighted by Gasteiger charge is -2.42. The molecule has 1 aliphatic carbocycles. The lowest BCUT2D eigenvalue weighted by molar-refractivity contribution is -0.0740. The molecular weight excluding hydrogens is 384 g/mol. The maximum atomic E-state index is 6.03. The smallest absolute Gasteiger partial charge is 0.0896 e. The summed E-state index contributed by atoms with van der Waals surface area (Å²) in [5.74, 6) is 0. The summed E-state index contributed by atoms with van der Waals surface area (Å²) in [7, 11) is 1.99. The van der Waals surface area contributed by atoms with Crippen molar-refractivity contribution in [3.05, 3.63) is 32.7 Å². The van der Waals surface area contributed by atoms with Gasteiger partial charge in [-0.15, -0.1) is 0 Å². The maximum absolute atomic E-state index is 6.03. The number of likely N-dealkylation sites (N-methyl/N-ethyl adjacent to an activating group) is 1. The Hall–Kier alpha value is 0.0600. The summed E-state index contributed by atoms with van der Waals surface area (Å²) < 4.78 is 8.24. The zero-order valence-corrected chi connectivity index (χ0v) is 14.8. The van der Waals surface area contributed by atoms with Gasteiger partial charge in [0.1, 0.15) is 0 Å². The van der Waals surface area contributed by atoms with Crippen LogP contribution in [0.25, 0.3) is 0 Å². The number of morpholine rings is 1. The lowest BCUT2D eigenvalue weighted by atomic mass is 9.97. The van der Waals surface area contributed by atoms with Gasteiger partial charge < -0.3 is 10.1 Å². The van der Waals surface area contributed by atoms with E-state index in [4.69, 9.17) is 4.74 Å². The van der Waals surface area contributed by atoms with E-state index in [-0.39, 0.29) is 6.10 Å². The van der Waals surface area contributed by atoms with Crippen molar-refractivity contribution in [2.45, 2.75) is 31.0 Å². The van der Waals surface area contributed by atoms with Crippen molar-refractivity contribution in [2.75, 3.05) is 26.7 Å². The third-order valence-corrected chi connectivity index (χ3v) is 5.98. The first-order valence-corrected chi connectivity index (χ1v) is 8.76. The Bertz CT molecular complexity index is 477. The second-order valence-electron chi connectivity index (χ2n) is 5.55. The van der Waals surface area contributed by atoms with Gasteiger partial charge in [0, 0.05) is 28.1 Å². The van der Waals surface area contributed by atoms with E-state index < -0.39 is 0 Å². The highest BCUT2D eigenvalue weighted by Gasteiger charge is 2.41. The molecule has 3 rings (SSSR count). The minimum atomic E-state index is 0.224. The maximum Gasteiger partial charge on any atom is 0.0896 e. The number of hydrogen-bond acceptors (Lipinski definition) is 3. The van der Waals surface area contributed by atoms with E-state index in [9.17, 15) is 0 Å². The van der Waals surface area contributed by atoms with Gasteiger partial charge in [0.15, 0.2) is 0 Å². The highest BCUT2D eigenvalue weighted by molar-refractivity contribution is 9.13. The summed E-state index contributed by atoms with van der Waals surface area (Å²) in [6.45, 7) is 2.78. The molecule has 2 aliphatic rings. The zero-order valence-electron chi connectivity index (χ0n) is 11.6. The van der Waals surface area contributed by atoms with Gasteiger partial charge in [-0.25, -0.2) is 0 Å². The molecule has 1 N–H and O–H groups in total. The van der Waals surface area contributed by atoms with Gasteiger partial charge in [-0.3, -0.25) is 4.90 Å². The SMILES string of the molecule is CNCC1OCCN(C2CC2)C1c1ccc(Br)c(Br)c1. The fourth-order valence-electron chi connectivity index (χ4n) is 3.04. The molecule has 0 amide bonds. The topological polar surface area (TPSA) is 24.5 Å². The summed E-state index contributed by atoms with van der Waals surface area (Å²) in [6, 6.07) is 7.67. The minimum Gasteiger partial charge on any atom is -0.374 e. The summed E-state index contributed by atoms with van der Waals surface area (Å²) in [6.07, 6.45) is 2.89. The van der Waals surface area contributed by atoms with Gasteiger partial charge in [0.05, 0.1) is 18.8 Å². The lowest BCUT2D eigenvalue weighted by Crippen LogP contribution is -2.49. The van der Waals surface area contributed by atoms with Crippen LogP contribution in [0.4, 0.5) is 0 Å². The Labute approximate surface area is 137 Å². The third-order valence-electron chi connectivity index (χ3n) is 4.10. The molecule has 1 aliphatic heterocycles. The second-order valence-corrected chi connectivity index (χ2v) is 7.26. The molecule has 0 aromatic heterocycles. The Kier molecular flexibility index (Phi) is 4.82. The largest absolute Gasteiger partial charge is 0.374 e. The Morgan fingerprint density at radius 1 is 1.30 bits per heavy atom. The van der Waals surface area contributed by atoms with Crippen LogP contribution in [-0.2, 0) is 4.74 Å². The number of nitrogens with zero attached hydrogens (tertiary/aromatic N) is 1. The highest BCUT2D eigenvalue weighted by atomic mass is 79.9. The van der Waals surface area contributed by atoms with Crippen molar-refractivity contribution in [3.63, 3.8) is 0 Å². The monoisotopic (exact) mass is 402 g/mol. The standard InChI is InChI=1S/C15H20Br2N2O/c1-18-9-14-15(10-2-5-12(16)13(17)8-10)19(6-7-20-14)11-3-4-11/h2,5,8,11,14-15,18H,3-4,6-7,9H2,1H3. The molecule has 0 radical (unpaired) electrons. The third kappa shape index (κ3) is 3.12. The van der Waals surface area contributed by atoms with Gasteiger partial charge in [0.2, 0.25) is 0 Å². The minimum absolute atomic E-state index is 0.224. The molecule has 1 aromatic rings. The first-order chi connectivity index (χ1) is 9.70. The Morgan fingerprint density at radius 3 is 2.75 bits per heavy atom. The number of halogens is 2. The average Bonchev–Trinajstić information content (AvgIpc) is 3.27. The molecule has 2 atom stereocenters. The molecule has 2 fully saturated rings. The molecule has 1 saturated heterocycles. The number of nitrogens with one attached hydrogen (secondary N) is 1. The van der Waals surface area contributed by atoms with Gasteiger partial charge in [-0.05, 0) is 69.4 Å². The van der Waals surface area contributed by atoms with Crippen LogP contribution in [0.1, 0.15) is 24.4 Å². The van der Waals surface area contributed by atoms with E-state index in [0.717, 1.165) is 34.7 Å². The van der Waals surface area contributed by atoms with Gasteiger partial charge >= 0.3 is 0 Å². The van der Waals surface area contributed by atoms with E-state index >= 15 is 0 Å². The number of rotatable bonds is 4. The molecule has 3 nitrogen and oxygen atoms in total. The summed E-state index contributed by atoms with van der Waals surface area (Å²) in [5.41, 5.74) is 1.34. The van der Waals surface area contributed by atoms with Crippen LogP contribution in [-0.4, -0.2) is 43.8 Å². The van der Waals surface area contributed by atoms with Crippen molar-refractivity contribution in [1.82, 2.24) is 10.2 Å². The fourth-order valence-corrected chi connectivity index (χ4v) is 3.69. The normalized spacial score (nSPS) is 27.8. The van der Waals surface area contributed by atoms with Crippen LogP contribution in [0.15, 0.2) is 27.1 Å². The van der Waals surface area contributed by atoms with Gasteiger partial charge in [0.25, 0.3) is 0 Å². The molecular formula is C15H20Br2N2O. The average molecular weight is 404 g/mol. The van der Waals surface area contributed by atoms with E-state index in [1.807, 2.05) is 7.05 Å². The zero-order chi connectivity index (χ0) is 14.1. The van der Waals surface area contributed by atoms with Gasteiger partial charge in [-0.2, -0.15) is 0 Å². The van der Waals surface area contributed by atoms with E-state index in [0.29, 0.717) is 6.04 Å². The Morgan fingerprint density at radius 2 is 2.10 bits per heavy atom. The van der Waals surface area contributed by atoms with E-state index in [1.54, 1.807) is 0 Å². The quantitative estimate of drug-likeness (QED) is 0.834. The fraction of sp³-hybridized carbons (Fsp3) is 0.600. The molecule has 110 valence electrons.